The van der Waals surface area contributed by atoms with Crippen LogP contribution in [0.1, 0.15) is 40.9 Å². The van der Waals surface area contributed by atoms with Crippen molar-refractivity contribution in [1.82, 2.24) is 26.3 Å². The van der Waals surface area contributed by atoms with Gasteiger partial charge in [-0.25, -0.2) is 10.9 Å². The number of amides is 1. The number of carbonyl (C=O) groups excluding carboxylic acids is 1. The zero-order chi connectivity index (χ0) is 19.3. The molecule has 2 aromatic carbocycles. The van der Waals surface area contributed by atoms with E-state index in [9.17, 15) is 4.79 Å². The average Bonchev–Trinajstić information content (AvgIpc) is 3.37. The summed E-state index contributed by atoms with van der Waals surface area (Å²) in [6.45, 7) is 2.27. The predicted octanol–water partition coefficient (Wildman–Crippen LogP) is 2.19. The lowest BCUT2D eigenvalue weighted by molar-refractivity contribution is -0.123. The first-order chi connectivity index (χ1) is 13.7. The summed E-state index contributed by atoms with van der Waals surface area (Å²) in [4.78, 5) is 16.8. The Labute approximate surface area is 163 Å². The number of hydrogen-bond donors (Lipinski definition) is 3. The van der Waals surface area contributed by atoms with Crippen LogP contribution >= 0.6 is 0 Å². The van der Waals surface area contributed by atoms with Crippen LogP contribution in [0.2, 0.25) is 0 Å². The Morgan fingerprint density at radius 1 is 1.14 bits per heavy atom. The summed E-state index contributed by atoms with van der Waals surface area (Å²) in [5, 5.41) is 6.84. The van der Waals surface area contributed by atoms with Crippen molar-refractivity contribution < 1.29 is 9.32 Å². The van der Waals surface area contributed by atoms with Gasteiger partial charge in [0.1, 0.15) is 6.04 Å². The molecule has 2 unspecified atom stereocenters. The Morgan fingerprint density at radius 3 is 2.71 bits per heavy atom. The highest BCUT2D eigenvalue weighted by molar-refractivity contribution is 5.82. The molecule has 1 aliphatic heterocycles. The fourth-order valence-electron chi connectivity index (χ4n) is 3.24. The maximum Gasteiger partial charge on any atom is 0.246 e. The quantitative estimate of drug-likeness (QED) is 0.610. The van der Waals surface area contributed by atoms with Crippen molar-refractivity contribution in [3.63, 3.8) is 0 Å². The van der Waals surface area contributed by atoms with E-state index in [0.717, 1.165) is 11.1 Å². The van der Waals surface area contributed by atoms with Crippen molar-refractivity contribution in [1.29, 1.82) is 0 Å². The Morgan fingerprint density at radius 2 is 1.93 bits per heavy atom. The van der Waals surface area contributed by atoms with Crippen molar-refractivity contribution in [3.8, 4) is 0 Å². The number of carbonyl (C=O) groups is 1. The number of nitrogens with zero attached hydrogens (tertiary/aromatic N) is 2. The number of hydrazine groups is 1. The molecule has 7 heteroatoms. The van der Waals surface area contributed by atoms with E-state index in [-0.39, 0.29) is 24.5 Å². The second-order valence-corrected chi connectivity index (χ2v) is 7.02. The van der Waals surface area contributed by atoms with Crippen LogP contribution in [-0.2, 0) is 17.8 Å². The molecule has 0 bridgehead atoms. The average molecular weight is 377 g/mol. The van der Waals surface area contributed by atoms with Crippen molar-refractivity contribution in [2.24, 2.45) is 0 Å². The van der Waals surface area contributed by atoms with Crippen LogP contribution in [0.4, 0.5) is 0 Å². The molecular formula is C21H23N5O2. The fourth-order valence-corrected chi connectivity index (χ4v) is 3.24. The van der Waals surface area contributed by atoms with Gasteiger partial charge in [0.2, 0.25) is 11.8 Å². The van der Waals surface area contributed by atoms with Gasteiger partial charge < -0.3 is 9.84 Å². The molecule has 1 aliphatic rings. The molecule has 3 aromatic rings. The molecule has 144 valence electrons. The molecule has 4 rings (SSSR count). The first-order valence-corrected chi connectivity index (χ1v) is 9.38. The zero-order valence-corrected chi connectivity index (χ0v) is 15.7. The third-order valence-electron chi connectivity index (χ3n) is 4.83. The SMILES string of the molecule is Cc1ccc(C2CC(C(=O)NCc3nc(Cc4ccccc4)no3)NN2)cc1. The Balaban J connectivity index is 1.27. The number of rotatable bonds is 6. The van der Waals surface area contributed by atoms with Gasteiger partial charge in [0.25, 0.3) is 0 Å². The van der Waals surface area contributed by atoms with Crippen LogP contribution in [-0.4, -0.2) is 22.1 Å². The lowest BCUT2D eigenvalue weighted by Crippen LogP contribution is -2.42. The first-order valence-electron chi connectivity index (χ1n) is 9.38. The molecule has 0 spiro atoms. The fraction of sp³-hybridized carbons (Fsp3) is 0.286. The molecular weight excluding hydrogens is 354 g/mol. The van der Waals surface area contributed by atoms with Crippen LogP contribution < -0.4 is 16.2 Å². The summed E-state index contributed by atoms with van der Waals surface area (Å²) in [5.74, 6) is 0.917. The van der Waals surface area contributed by atoms with Gasteiger partial charge in [-0.05, 0) is 24.5 Å². The third-order valence-corrected chi connectivity index (χ3v) is 4.83. The standard InChI is InChI=1S/C21H23N5O2/c1-14-7-9-16(10-8-14)17-12-18(25-24-17)21(27)22-13-20-23-19(26-28-20)11-15-5-3-2-4-6-15/h2-10,17-18,24-25H,11-13H2,1H3,(H,22,27). The summed E-state index contributed by atoms with van der Waals surface area (Å²) >= 11 is 0. The minimum Gasteiger partial charge on any atom is -0.346 e. The van der Waals surface area contributed by atoms with E-state index in [1.807, 2.05) is 30.3 Å². The van der Waals surface area contributed by atoms with Gasteiger partial charge in [-0.15, -0.1) is 0 Å². The minimum absolute atomic E-state index is 0.0927. The highest BCUT2D eigenvalue weighted by Gasteiger charge is 2.30. The number of aromatic nitrogens is 2. The van der Waals surface area contributed by atoms with Crippen LogP contribution in [0.25, 0.3) is 0 Å². The van der Waals surface area contributed by atoms with Crippen molar-refractivity contribution >= 4 is 5.91 Å². The predicted molar refractivity (Wildman–Crippen MR) is 104 cm³/mol. The summed E-state index contributed by atoms with van der Waals surface area (Å²) in [7, 11) is 0. The summed E-state index contributed by atoms with van der Waals surface area (Å²) in [6.07, 6.45) is 1.28. The largest absolute Gasteiger partial charge is 0.346 e. The van der Waals surface area contributed by atoms with Gasteiger partial charge in [0.05, 0.1) is 6.54 Å². The molecule has 1 aromatic heterocycles. The van der Waals surface area contributed by atoms with Gasteiger partial charge in [-0.3, -0.25) is 4.79 Å². The molecule has 28 heavy (non-hydrogen) atoms. The maximum absolute atomic E-state index is 12.4. The summed E-state index contributed by atoms with van der Waals surface area (Å²) in [5.41, 5.74) is 9.75. The summed E-state index contributed by atoms with van der Waals surface area (Å²) < 4.78 is 5.24. The van der Waals surface area contributed by atoms with E-state index >= 15 is 0 Å². The highest BCUT2D eigenvalue weighted by atomic mass is 16.5. The van der Waals surface area contributed by atoms with Crippen molar-refractivity contribution in [2.45, 2.75) is 38.4 Å². The van der Waals surface area contributed by atoms with Crippen LogP contribution in [0.15, 0.2) is 59.1 Å². The van der Waals surface area contributed by atoms with Crippen molar-refractivity contribution in [2.75, 3.05) is 0 Å². The molecule has 0 aliphatic carbocycles. The van der Waals surface area contributed by atoms with E-state index in [1.165, 1.54) is 5.56 Å². The monoisotopic (exact) mass is 377 g/mol. The van der Waals surface area contributed by atoms with Gasteiger partial charge in [-0.1, -0.05) is 65.3 Å². The first kappa shape index (κ1) is 18.3. The van der Waals surface area contributed by atoms with Crippen LogP contribution in [0.3, 0.4) is 0 Å². The van der Waals surface area contributed by atoms with E-state index in [4.69, 9.17) is 4.52 Å². The lowest BCUT2D eigenvalue weighted by atomic mass is 10.0. The smallest absolute Gasteiger partial charge is 0.246 e. The van der Waals surface area contributed by atoms with Gasteiger partial charge in [0.15, 0.2) is 5.82 Å². The van der Waals surface area contributed by atoms with E-state index < -0.39 is 0 Å². The Kier molecular flexibility index (Phi) is 5.45. The molecule has 1 fully saturated rings. The van der Waals surface area contributed by atoms with Crippen LogP contribution in [0, 0.1) is 6.92 Å². The maximum atomic E-state index is 12.4. The molecule has 0 saturated carbocycles. The summed E-state index contributed by atoms with van der Waals surface area (Å²) in [6, 6.07) is 18.1. The molecule has 3 N–H and O–H groups in total. The lowest BCUT2D eigenvalue weighted by Gasteiger charge is -2.10. The number of hydrogen-bond acceptors (Lipinski definition) is 6. The molecule has 2 atom stereocenters. The molecule has 7 nitrogen and oxygen atoms in total. The number of nitrogens with one attached hydrogen (secondary N) is 3. The van der Waals surface area contributed by atoms with Crippen molar-refractivity contribution in [3.05, 3.63) is 83.0 Å². The second-order valence-electron chi connectivity index (χ2n) is 7.02. The van der Waals surface area contributed by atoms with E-state index in [2.05, 4.69) is 57.5 Å². The second kappa shape index (κ2) is 8.33. The highest BCUT2D eigenvalue weighted by Crippen LogP contribution is 2.22. The Bertz CT molecular complexity index is 923. The zero-order valence-electron chi connectivity index (χ0n) is 15.7. The van der Waals surface area contributed by atoms with Gasteiger partial charge in [0, 0.05) is 12.5 Å². The van der Waals surface area contributed by atoms with E-state index in [0.29, 0.717) is 24.6 Å². The number of benzene rings is 2. The molecule has 1 amide bonds. The normalized spacial score (nSPS) is 18.9. The molecule has 2 heterocycles. The van der Waals surface area contributed by atoms with E-state index in [1.54, 1.807) is 0 Å². The third kappa shape index (κ3) is 4.44. The minimum atomic E-state index is -0.307. The van der Waals surface area contributed by atoms with Gasteiger partial charge >= 0.3 is 0 Å². The molecule has 0 radical (unpaired) electrons. The topological polar surface area (TPSA) is 92.1 Å². The molecule has 1 saturated heterocycles. The van der Waals surface area contributed by atoms with Crippen LogP contribution in [0.5, 0.6) is 0 Å². The number of aryl methyl sites for hydroxylation is 1. The van der Waals surface area contributed by atoms with Gasteiger partial charge in [-0.2, -0.15) is 4.98 Å². The Hall–Kier alpha value is -3.03.